The molecular weight excluding hydrogens is 424 g/mol. The van der Waals surface area contributed by atoms with E-state index in [2.05, 4.69) is 45.3 Å². The van der Waals surface area contributed by atoms with Crippen LogP contribution in [0.4, 0.5) is 4.79 Å². The van der Waals surface area contributed by atoms with E-state index in [0.717, 1.165) is 60.8 Å². The van der Waals surface area contributed by atoms with Gasteiger partial charge in [-0.1, -0.05) is 37.7 Å². The van der Waals surface area contributed by atoms with Crippen LogP contribution in [0.25, 0.3) is 11.0 Å². The fraction of sp³-hybridized carbons (Fsp3) is 0.464. The third kappa shape index (κ3) is 6.29. The normalized spacial score (nSPS) is 20.2. The predicted octanol–water partition coefficient (Wildman–Crippen LogP) is 5.93. The van der Waals surface area contributed by atoms with Crippen molar-refractivity contribution in [3.05, 3.63) is 41.9 Å². The first-order chi connectivity index (χ1) is 16.2. The van der Waals surface area contributed by atoms with E-state index in [4.69, 9.17) is 6.42 Å². The molecule has 6 heteroatoms. The molecule has 1 aromatic heterocycles. The van der Waals surface area contributed by atoms with Gasteiger partial charge in [-0.25, -0.2) is 14.8 Å². The number of fused-ring (bicyclic) bond motifs is 1. The van der Waals surface area contributed by atoms with E-state index < -0.39 is 6.09 Å². The summed E-state index contributed by atoms with van der Waals surface area (Å²) in [5, 5.41) is 9.82. The minimum absolute atomic E-state index is 0.0270. The standard InChI is InChI=1S/C28H34N4O2/c1-6-8-10-22-12-13-24-25(15-22)31(20-30-24)19-28(5)14-9-11-23(16-28)18-32(27(33)34)26(7-2)29-17-21(3)4/h2,12-13,15,17,20,23H,6,9,11,14,16,18-19H2,1,3-5H3,(H,33,34). The van der Waals surface area contributed by atoms with Gasteiger partial charge in [0.2, 0.25) is 0 Å². The van der Waals surface area contributed by atoms with Crippen molar-refractivity contribution in [1.29, 1.82) is 0 Å². The lowest BCUT2D eigenvalue weighted by Gasteiger charge is -2.39. The van der Waals surface area contributed by atoms with Crippen molar-refractivity contribution in [2.24, 2.45) is 16.3 Å². The number of rotatable bonds is 5. The molecule has 2 unspecified atom stereocenters. The average Bonchev–Trinajstić information content (AvgIpc) is 3.18. The van der Waals surface area contributed by atoms with Gasteiger partial charge >= 0.3 is 6.09 Å². The average molecular weight is 459 g/mol. The van der Waals surface area contributed by atoms with Gasteiger partial charge in [0.15, 0.2) is 5.84 Å². The summed E-state index contributed by atoms with van der Waals surface area (Å²) in [4.78, 5) is 22.0. The number of nitrogens with zero attached hydrogens (tertiary/aromatic N) is 4. The van der Waals surface area contributed by atoms with E-state index in [-0.39, 0.29) is 17.2 Å². The minimum Gasteiger partial charge on any atom is -0.465 e. The summed E-state index contributed by atoms with van der Waals surface area (Å²) in [5.41, 5.74) is 4.03. The first-order valence-electron chi connectivity index (χ1n) is 11.9. The van der Waals surface area contributed by atoms with Crippen LogP contribution in [-0.4, -0.2) is 38.0 Å². The number of amides is 1. The maximum Gasteiger partial charge on any atom is 0.413 e. The number of carboxylic acid groups (broad SMARTS) is 1. The molecule has 0 bridgehead atoms. The largest absolute Gasteiger partial charge is 0.465 e. The predicted molar refractivity (Wildman–Crippen MR) is 137 cm³/mol. The van der Waals surface area contributed by atoms with E-state index >= 15 is 0 Å². The highest BCUT2D eigenvalue weighted by atomic mass is 16.4. The van der Waals surface area contributed by atoms with Crippen molar-refractivity contribution >= 4 is 23.0 Å². The van der Waals surface area contributed by atoms with E-state index in [9.17, 15) is 9.90 Å². The number of aromatic nitrogens is 2. The van der Waals surface area contributed by atoms with E-state index in [0.29, 0.717) is 6.54 Å². The summed E-state index contributed by atoms with van der Waals surface area (Å²) in [6, 6.07) is 6.15. The number of carbonyl (C=O) groups is 1. The number of aliphatic imine (C=N–C) groups is 1. The van der Waals surface area contributed by atoms with Gasteiger partial charge in [-0.05, 0) is 68.6 Å². The number of allylic oxidation sites excluding steroid dienone is 1. The van der Waals surface area contributed by atoms with Crippen molar-refractivity contribution in [1.82, 2.24) is 14.5 Å². The third-order valence-electron chi connectivity index (χ3n) is 6.26. The number of imidazole rings is 1. The minimum atomic E-state index is -1.06. The van der Waals surface area contributed by atoms with Crippen molar-refractivity contribution in [3.63, 3.8) is 0 Å². The first kappa shape index (κ1) is 25.1. The van der Waals surface area contributed by atoms with Gasteiger partial charge in [0.05, 0.1) is 17.4 Å². The molecule has 1 N–H and O–H groups in total. The quantitative estimate of drug-likeness (QED) is 0.343. The molecule has 34 heavy (non-hydrogen) atoms. The fourth-order valence-electron chi connectivity index (χ4n) is 4.77. The zero-order valence-corrected chi connectivity index (χ0v) is 20.6. The Hall–Kier alpha value is -3.51. The van der Waals surface area contributed by atoms with Gasteiger partial charge < -0.3 is 9.67 Å². The molecule has 0 spiro atoms. The van der Waals surface area contributed by atoms with Crippen LogP contribution in [0.1, 0.15) is 65.4 Å². The second-order valence-corrected chi connectivity index (χ2v) is 9.70. The molecule has 0 radical (unpaired) electrons. The maximum atomic E-state index is 12.0. The number of amidine groups is 1. The van der Waals surface area contributed by atoms with Crippen LogP contribution < -0.4 is 0 Å². The lowest BCUT2D eigenvalue weighted by Crippen LogP contribution is -2.41. The number of hydrogen-bond acceptors (Lipinski definition) is 3. The Morgan fingerprint density at radius 3 is 2.91 bits per heavy atom. The van der Waals surface area contributed by atoms with Crippen molar-refractivity contribution in [2.45, 2.75) is 66.3 Å². The highest BCUT2D eigenvalue weighted by Crippen LogP contribution is 2.41. The first-order valence-corrected chi connectivity index (χ1v) is 11.9. The molecule has 1 aliphatic rings. The Bertz CT molecular complexity index is 1200. The smallest absolute Gasteiger partial charge is 0.413 e. The van der Waals surface area contributed by atoms with Crippen LogP contribution in [0.3, 0.4) is 0 Å². The van der Waals surface area contributed by atoms with Crippen LogP contribution in [0.2, 0.25) is 0 Å². The third-order valence-corrected chi connectivity index (χ3v) is 6.26. The summed E-state index contributed by atoms with van der Waals surface area (Å²) in [7, 11) is 0. The van der Waals surface area contributed by atoms with Gasteiger partial charge in [-0.15, -0.1) is 6.42 Å². The molecular formula is C28H34N4O2. The van der Waals surface area contributed by atoms with E-state index in [1.807, 2.05) is 39.2 Å². The summed E-state index contributed by atoms with van der Waals surface area (Å²) in [5.74, 6) is 9.14. The van der Waals surface area contributed by atoms with Gasteiger partial charge in [0, 0.05) is 31.3 Å². The zero-order valence-electron chi connectivity index (χ0n) is 20.6. The van der Waals surface area contributed by atoms with Crippen LogP contribution in [0.5, 0.6) is 0 Å². The molecule has 178 valence electrons. The second-order valence-electron chi connectivity index (χ2n) is 9.70. The van der Waals surface area contributed by atoms with Crippen LogP contribution in [0, 0.1) is 35.5 Å². The molecule has 1 aliphatic carbocycles. The summed E-state index contributed by atoms with van der Waals surface area (Å²) < 4.78 is 2.22. The number of hydrogen-bond donors (Lipinski definition) is 1. The highest BCUT2D eigenvalue weighted by molar-refractivity contribution is 6.05. The molecule has 2 atom stereocenters. The van der Waals surface area contributed by atoms with Crippen LogP contribution >= 0.6 is 0 Å². The summed E-state index contributed by atoms with van der Waals surface area (Å²) in [6.07, 6.45) is 12.9. The Labute approximate surface area is 202 Å². The van der Waals surface area contributed by atoms with Crippen LogP contribution in [0.15, 0.2) is 41.3 Å². The van der Waals surface area contributed by atoms with Gasteiger partial charge in [0.25, 0.3) is 0 Å². The molecule has 1 amide bonds. The summed E-state index contributed by atoms with van der Waals surface area (Å²) in [6.45, 7) is 9.30. The van der Waals surface area contributed by atoms with Gasteiger partial charge in [0.1, 0.15) is 0 Å². The molecule has 0 aliphatic heterocycles. The molecule has 1 aromatic carbocycles. The Morgan fingerprint density at radius 1 is 1.44 bits per heavy atom. The number of terminal acetylenes is 1. The maximum absolute atomic E-state index is 12.0. The fourth-order valence-corrected chi connectivity index (χ4v) is 4.77. The van der Waals surface area contributed by atoms with Gasteiger partial charge in [-0.3, -0.25) is 4.90 Å². The number of benzene rings is 1. The van der Waals surface area contributed by atoms with Crippen molar-refractivity contribution in [2.75, 3.05) is 6.54 Å². The Morgan fingerprint density at radius 2 is 2.24 bits per heavy atom. The molecule has 0 saturated heterocycles. The van der Waals surface area contributed by atoms with Crippen LogP contribution in [-0.2, 0) is 6.54 Å². The Balaban J connectivity index is 1.79. The van der Waals surface area contributed by atoms with E-state index in [1.54, 1.807) is 6.20 Å². The van der Waals surface area contributed by atoms with Crippen molar-refractivity contribution in [3.8, 4) is 24.2 Å². The highest BCUT2D eigenvalue weighted by Gasteiger charge is 2.35. The zero-order chi connectivity index (χ0) is 24.7. The lowest BCUT2D eigenvalue weighted by atomic mass is 9.70. The molecule has 1 heterocycles. The lowest BCUT2D eigenvalue weighted by molar-refractivity contribution is 0.114. The molecule has 2 aromatic rings. The second kappa shape index (κ2) is 11.1. The molecule has 1 fully saturated rings. The SMILES string of the molecule is C#CC(=NC=C(C)C)N(CC1CCCC(C)(Cn2cnc3ccc(C#CCC)cc32)C1)C(=O)O. The molecule has 3 rings (SSSR count). The van der Waals surface area contributed by atoms with Gasteiger partial charge in [-0.2, -0.15) is 0 Å². The van der Waals surface area contributed by atoms with Crippen molar-refractivity contribution < 1.29 is 9.90 Å². The molecule has 6 nitrogen and oxygen atoms in total. The Kier molecular flexibility index (Phi) is 8.18. The molecule has 1 saturated carbocycles. The monoisotopic (exact) mass is 458 g/mol. The van der Waals surface area contributed by atoms with E-state index in [1.165, 1.54) is 4.90 Å². The summed E-state index contributed by atoms with van der Waals surface area (Å²) >= 11 is 0. The topological polar surface area (TPSA) is 70.7 Å².